The molecular formula is C12H16N2S2. The number of nitrogens with zero attached hydrogens (tertiary/aromatic N) is 2. The minimum atomic E-state index is 0.538. The van der Waals surface area contributed by atoms with Gasteiger partial charge in [0.2, 0.25) is 0 Å². The number of hydrogen-bond donors (Lipinski definition) is 0. The van der Waals surface area contributed by atoms with Crippen LogP contribution in [-0.2, 0) is 12.2 Å². The number of thiazole rings is 1. The standard InChI is InChI=1S/C12H16N2S2/c1-8(2)15-7-11-14-12(9-3-4-9)10(16-11)5-6-13/h8-9H,3-5,7H2,1-2H3. The molecule has 1 aliphatic carbocycles. The zero-order valence-corrected chi connectivity index (χ0v) is 11.3. The first-order valence-corrected chi connectivity index (χ1v) is 7.54. The maximum atomic E-state index is 8.80. The largest absolute Gasteiger partial charge is 0.245 e. The summed E-state index contributed by atoms with van der Waals surface area (Å²) in [6.07, 6.45) is 3.06. The van der Waals surface area contributed by atoms with Gasteiger partial charge >= 0.3 is 0 Å². The summed E-state index contributed by atoms with van der Waals surface area (Å²) < 4.78 is 0. The van der Waals surface area contributed by atoms with Crippen molar-refractivity contribution in [2.75, 3.05) is 0 Å². The van der Waals surface area contributed by atoms with Crippen molar-refractivity contribution < 1.29 is 0 Å². The van der Waals surface area contributed by atoms with E-state index < -0.39 is 0 Å². The Morgan fingerprint density at radius 1 is 1.56 bits per heavy atom. The molecule has 1 aliphatic rings. The van der Waals surface area contributed by atoms with Crippen molar-refractivity contribution in [2.24, 2.45) is 0 Å². The van der Waals surface area contributed by atoms with Gasteiger partial charge in [0.15, 0.2) is 0 Å². The fourth-order valence-corrected chi connectivity index (χ4v) is 3.45. The highest BCUT2D eigenvalue weighted by molar-refractivity contribution is 7.99. The molecular weight excluding hydrogens is 236 g/mol. The highest BCUT2D eigenvalue weighted by Crippen LogP contribution is 2.43. The van der Waals surface area contributed by atoms with E-state index in [1.54, 1.807) is 11.3 Å². The molecule has 1 aromatic heterocycles. The van der Waals surface area contributed by atoms with Crippen molar-refractivity contribution in [3.63, 3.8) is 0 Å². The maximum absolute atomic E-state index is 8.80. The zero-order valence-electron chi connectivity index (χ0n) is 9.69. The summed E-state index contributed by atoms with van der Waals surface area (Å²) in [5, 5.41) is 10.6. The molecule has 0 amide bonds. The van der Waals surface area contributed by atoms with Gasteiger partial charge in [0.25, 0.3) is 0 Å². The van der Waals surface area contributed by atoms with Crippen molar-refractivity contribution in [3.05, 3.63) is 15.6 Å². The van der Waals surface area contributed by atoms with Crippen LogP contribution in [0, 0.1) is 11.3 Å². The smallest absolute Gasteiger partial charge is 0.103 e. The Balaban J connectivity index is 2.08. The van der Waals surface area contributed by atoms with Crippen LogP contribution >= 0.6 is 23.1 Å². The molecule has 16 heavy (non-hydrogen) atoms. The van der Waals surface area contributed by atoms with Crippen LogP contribution in [0.1, 0.15) is 48.2 Å². The van der Waals surface area contributed by atoms with Gasteiger partial charge in [-0.2, -0.15) is 17.0 Å². The second-order valence-corrected chi connectivity index (χ2v) is 7.12. The Bertz CT molecular complexity index is 400. The van der Waals surface area contributed by atoms with Crippen LogP contribution < -0.4 is 0 Å². The van der Waals surface area contributed by atoms with E-state index in [9.17, 15) is 0 Å². The molecule has 0 bridgehead atoms. The van der Waals surface area contributed by atoms with Crippen molar-refractivity contribution >= 4 is 23.1 Å². The van der Waals surface area contributed by atoms with Crippen LogP contribution in [0.5, 0.6) is 0 Å². The van der Waals surface area contributed by atoms with E-state index in [1.807, 2.05) is 11.8 Å². The van der Waals surface area contributed by atoms with Gasteiger partial charge < -0.3 is 0 Å². The summed E-state index contributed by atoms with van der Waals surface area (Å²) >= 11 is 3.66. The third kappa shape index (κ3) is 2.99. The summed E-state index contributed by atoms with van der Waals surface area (Å²) in [6.45, 7) is 4.41. The van der Waals surface area contributed by atoms with Gasteiger partial charge in [-0.25, -0.2) is 4.98 Å². The summed E-state index contributed by atoms with van der Waals surface area (Å²) in [5.41, 5.74) is 1.23. The molecule has 4 heteroatoms. The predicted molar refractivity (Wildman–Crippen MR) is 69.8 cm³/mol. The second kappa shape index (κ2) is 5.20. The second-order valence-electron chi connectivity index (χ2n) is 4.38. The topological polar surface area (TPSA) is 36.7 Å². The Hall–Kier alpha value is -0.530. The lowest BCUT2D eigenvalue weighted by Crippen LogP contribution is -1.89. The van der Waals surface area contributed by atoms with E-state index in [0.29, 0.717) is 17.6 Å². The third-order valence-electron chi connectivity index (χ3n) is 2.52. The Morgan fingerprint density at radius 2 is 2.31 bits per heavy atom. The fourth-order valence-electron chi connectivity index (χ4n) is 1.59. The average molecular weight is 252 g/mol. The average Bonchev–Trinajstić information content (AvgIpc) is 2.99. The van der Waals surface area contributed by atoms with Crippen LogP contribution in [0.3, 0.4) is 0 Å². The van der Waals surface area contributed by atoms with E-state index in [0.717, 1.165) is 5.75 Å². The van der Waals surface area contributed by atoms with Gasteiger partial charge in [0.1, 0.15) is 5.01 Å². The number of rotatable bonds is 5. The molecule has 0 N–H and O–H groups in total. The lowest BCUT2D eigenvalue weighted by atomic mass is 10.2. The molecule has 0 atom stereocenters. The Labute approximate surface area is 105 Å². The molecule has 1 fully saturated rings. The number of aromatic nitrogens is 1. The summed E-state index contributed by atoms with van der Waals surface area (Å²) in [7, 11) is 0. The zero-order chi connectivity index (χ0) is 11.5. The summed E-state index contributed by atoms with van der Waals surface area (Å²) in [5.74, 6) is 1.66. The molecule has 0 spiro atoms. The van der Waals surface area contributed by atoms with Crippen molar-refractivity contribution in [3.8, 4) is 6.07 Å². The van der Waals surface area contributed by atoms with Crippen LogP contribution in [0.4, 0.5) is 0 Å². The maximum Gasteiger partial charge on any atom is 0.103 e. The lowest BCUT2D eigenvalue weighted by molar-refractivity contribution is 0.999. The van der Waals surface area contributed by atoms with Crippen molar-refractivity contribution in [1.82, 2.24) is 4.98 Å². The molecule has 0 aliphatic heterocycles. The molecule has 1 heterocycles. The SMILES string of the molecule is CC(C)SCc1nc(C2CC2)c(CC#N)s1. The molecule has 2 nitrogen and oxygen atoms in total. The monoisotopic (exact) mass is 252 g/mol. The van der Waals surface area contributed by atoms with Gasteiger partial charge in [-0.3, -0.25) is 0 Å². The van der Waals surface area contributed by atoms with E-state index in [2.05, 4.69) is 19.9 Å². The quantitative estimate of drug-likeness (QED) is 0.801. The highest BCUT2D eigenvalue weighted by Gasteiger charge is 2.29. The predicted octanol–water partition coefficient (Wildman–Crippen LogP) is 3.73. The fraction of sp³-hybridized carbons (Fsp3) is 0.667. The molecule has 0 aromatic carbocycles. The van der Waals surface area contributed by atoms with Gasteiger partial charge in [-0.05, 0) is 18.1 Å². The van der Waals surface area contributed by atoms with Gasteiger partial charge in [0.05, 0.1) is 18.2 Å². The molecule has 0 radical (unpaired) electrons. The minimum absolute atomic E-state index is 0.538. The molecule has 1 aromatic rings. The highest BCUT2D eigenvalue weighted by atomic mass is 32.2. The van der Waals surface area contributed by atoms with E-state index in [-0.39, 0.29) is 0 Å². The number of hydrogen-bond acceptors (Lipinski definition) is 4. The third-order valence-corrected chi connectivity index (χ3v) is 4.88. The first-order valence-electron chi connectivity index (χ1n) is 5.67. The lowest BCUT2D eigenvalue weighted by Gasteiger charge is -2.00. The summed E-state index contributed by atoms with van der Waals surface area (Å²) in [4.78, 5) is 5.92. The molecule has 0 unspecified atom stereocenters. The molecule has 1 saturated carbocycles. The Morgan fingerprint density at radius 3 is 2.88 bits per heavy atom. The van der Waals surface area contributed by atoms with Crippen molar-refractivity contribution in [1.29, 1.82) is 5.26 Å². The normalized spacial score (nSPS) is 15.4. The minimum Gasteiger partial charge on any atom is -0.245 e. The van der Waals surface area contributed by atoms with Gasteiger partial charge in [-0.1, -0.05) is 13.8 Å². The van der Waals surface area contributed by atoms with Crippen LogP contribution in [-0.4, -0.2) is 10.2 Å². The van der Waals surface area contributed by atoms with E-state index in [1.165, 1.54) is 28.4 Å². The van der Waals surface area contributed by atoms with Crippen molar-refractivity contribution in [2.45, 2.75) is 50.0 Å². The van der Waals surface area contributed by atoms with Gasteiger partial charge in [0, 0.05) is 16.5 Å². The van der Waals surface area contributed by atoms with Gasteiger partial charge in [-0.15, -0.1) is 11.3 Å². The molecule has 0 saturated heterocycles. The first kappa shape index (κ1) is 11.9. The number of nitriles is 1. The van der Waals surface area contributed by atoms with Crippen LogP contribution in [0.15, 0.2) is 0 Å². The first-order chi connectivity index (χ1) is 7.70. The number of thioether (sulfide) groups is 1. The van der Waals surface area contributed by atoms with E-state index >= 15 is 0 Å². The molecule has 86 valence electrons. The molecule has 2 rings (SSSR count). The van der Waals surface area contributed by atoms with Crippen LogP contribution in [0.2, 0.25) is 0 Å². The summed E-state index contributed by atoms with van der Waals surface area (Å²) in [6, 6.07) is 2.25. The van der Waals surface area contributed by atoms with E-state index in [4.69, 9.17) is 10.2 Å². The Kier molecular flexibility index (Phi) is 3.88. The van der Waals surface area contributed by atoms with Crippen LogP contribution in [0.25, 0.3) is 0 Å².